The molecule has 0 radical (unpaired) electrons. The van der Waals surface area contributed by atoms with E-state index in [2.05, 4.69) is 11.3 Å². The Kier molecular flexibility index (Phi) is 2.86. The maximum Gasteiger partial charge on any atom is 0.338 e. The number of fused-ring (bicyclic) bond motifs is 1. The van der Waals surface area contributed by atoms with E-state index in [1.807, 2.05) is 0 Å². The zero-order valence-corrected chi connectivity index (χ0v) is 12.2. The standard InChI is InChI=1S/C14H16O4S/c1-8-6-11-9(2)14(3,4)19(16,17)12(11)7-10(8)13(15)18-5/h6-7H,2H2,1,3-5H3. The number of benzene rings is 1. The molecule has 0 spiro atoms. The van der Waals surface area contributed by atoms with E-state index in [0.29, 0.717) is 16.7 Å². The van der Waals surface area contributed by atoms with Crippen LogP contribution in [0.4, 0.5) is 0 Å². The van der Waals surface area contributed by atoms with Crippen LogP contribution in [0.2, 0.25) is 0 Å². The van der Waals surface area contributed by atoms with Gasteiger partial charge in [0.25, 0.3) is 0 Å². The molecule has 0 atom stereocenters. The van der Waals surface area contributed by atoms with E-state index in [-0.39, 0.29) is 10.5 Å². The fourth-order valence-electron chi connectivity index (χ4n) is 2.24. The Morgan fingerprint density at radius 2 is 1.89 bits per heavy atom. The second-order valence-corrected chi connectivity index (χ2v) is 7.61. The van der Waals surface area contributed by atoms with E-state index in [9.17, 15) is 13.2 Å². The largest absolute Gasteiger partial charge is 0.465 e. The molecule has 0 N–H and O–H groups in total. The summed E-state index contributed by atoms with van der Waals surface area (Å²) in [5.74, 6) is -0.536. The van der Waals surface area contributed by atoms with Crippen molar-refractivity contribution in [2.45, 2.75) is 30.4 Å². The lowest BCUT2D eigenvalue weighted by atomic mass is 9.94. The number of methoxy groups -OCH3 is 1. The van der Waals surface area contributed by atoms with E-state index in [1.54, 1.807) is 26.8 Å². The van der Waals surface area contributed by atoms with E-state index in [4.69, 9.17) is 0 Å². The minimum Gasteiger partial charge on any atom is -0.465 e. The molecule has 1 heterocycles. The number of esters is 1. The minimum absolute atomic E-state index is 0.161. The Morgan fingerprint density at radius 1 is 1.32 bits per heavy atom. The second kappa shape index (κ2) is 3.93. The molecule has 2 rings (SSSR count). The number of hydrogen-bond acceptors (Lipinski definition) is 4. The van der Waals surface area contributed by atoms with Crippen molar-refractivity contribution in [1.29, 1.82) is 0 Å². The fraction of sp³-hybridized carbons (Fsp3) is 0.357. The summed E-state index contributed by atoms with van der Waals surface area (Å²) in [7, 11) is -2.25. The van der Waals surface area contributed by atoms with Gasteiger partial charge in [-0.2, -0.15) is 0 Å². The lowest BCUT2D eigenvalue weighted by Gasteiger charge is -2.17. The Morgan fingerprint density at radius 3 is 2.42 bits per heavy atom. The first-order valence-corrected chi connectivity index (χ1v) is 7.30. The van der Waals surface area contributed by atoms with Crippen LogP contribution in [0.5, 0.6) is 0 Å². The van der Waals surface area contributed by atoms with Gasteiger partial charge in [-0.25, -0.2) is 13.2 Å². The highest BCUT2D eigenvalue weighted by atomic mass is 32.2. The number of carbonyl (C=O) groups is 1. The SMILES string of the molecule is C=C1c2cc(C)c(C(=O)OC)cc2S(=O)(=O)C1(C)C. The van der Waals surface area contributed by atoms with Crippen LogP contribution in [0.1, 0.15) is 35.3 Å². The van der Waals surface area contributed by atoms with Crippen molar-refractivity contribution in [3.63, 3.8) is 0 Å². The number of rotatable bonds is 1. The normalized spacial score (nSPS) is 19.1. The summed E-state index contributed by atoms with van der Waals surface area (Å²) in [6, 6.07) is 3.09. The third-order valence-corrected chi connectivity index (χ3v) is 6.25. The van der Waals surface area contributed by atoms with E-state index < -0.39 is 20.6 Å². The molecule has 5 heteroatoms. The van der Waals surface area contributed by atoms with Crippen LogP contribution in [0.15, 0.2) is 23.6 Å². The first kappa shape index (κ1) is 13.8. The van der Waals surface area contributed by atoms with Crippen molar-refractivity contribution < 1.29 is 17.9 Å². The molecular weight excluding hydrogens is 264 g/mol. The van der Waals surface area contributed by atoms with Gasteiger partial charge in [0.2, 0.25) is 0 Å². The van der Waals surface area contributed by atoms with Crippen molar-refractivity contribution in [3.8, 4) is 0 Å². The lowest BCUT2D eigenvalue weighted by molar-refractivity contribution is 0.0599. The van der Waals surface area contributed by atoms with Gasteiger partial charge in [0.1, 0.15) is 0 Å². The van der Waals surface area contributed by atoms with Gasteiger partial charge in [-0.1, -0.05) is 6.58 Å². The molecule has 0 aliphatic carbocycles. The van der Waals surface area contributed by atoms with E-state index >= 15 is 0 Å². The van der Waals surface area contributed by atoms with Gasteiger partial charge in [-0.15, -0.1) is 0 Å². The molecule has 0 aromatic heterocycles. The van der Waals surface area contributed by atoms with Crippen molar-refractivity contribution in [2.75, 3.05) is 7.11 Å². The molecule has 0 fully saturated rings. The van der Waals surface area contributed by atoms with E-state index in [1.165, 1.54) is 13.2 Å². The molecule has 19 heavy (non-hydrogen) atoms. The Balaban J connectivity index is 2.81. The molecule has 0 unspecified atom stereocenters. The average Bonchev–Trinajstić information content (AvgIpc) is 2.47. The predicted octanol–water partition coefficient (Wildman–Crippen LogP) is 2.36. The van der Waals surface area contributed by atoms with Crippen molar-refractivity contribution in [2.24, 2.45) is 0 Å². The number of ether oxygens (including phenoxy) is 1. The summed E-state index contributed by atoms with van der Waals surface area (Å²) < 4.78 is 28.6. The molecule has 0 saturated carbocycles. The molecule has 1 aromatic rings. The minimum atomic E-state index is -3.52. The Bertz CT molecular complexity index is 696. The van der Waals surface area contributed by atoms with Gasteiger partial charge in [0, 0.05) is 0 Å². The third-order valence-electron chi connectivity index (χ3n) is 3.75. The maximum atomic E-state index is 12.5. The maximum absolute atomic E-state index is 12.5. The van der Waals surface area contributed by atoms with Crippen molar-refractivity contribution in [3.05, 3.63) is 35.4 Å². The first-order chi connectivity index (χ1) is 8.64. The van der Waals surface area contributed by atoms with Crippen LogP contribution in [-0.2, 0) is 14.6 Å². The van der Waals surface area contributed by atoms with Crippen LogP contribution in [0.25, 0.3) is 5.57 Å². The highest BCUT2D eigenvalue weighted by molar-refractivity contribution is 7.93. The molecule has 0 amide bonds. The van der Waals surface area contributed by atoms with Gasteiger partial charge in [0.05, 0.1) is 22.3 Å². The molecular formula is C14H16O4S. The molecule has 1 aliphatic heterocycles. The first-order valence-electron chi connectivity index (χ1n) is 5.82. The van der Waals surface area contributed by atoms with Crippen LogP contribution in [0.3, 0.4) is 0 Å². The lowest BCUT2D eigenvalue weighted by Crippen LogP contribution is -2.26. The van der Waals surface area contributed by atoms with Gasteiger partial charge < -0.3 is 4.74 Å². The number of sulfone groups is 1. The van der Waals surface area contributed by atoms with E-state index in [0.717, 1.165) is 0 Å². The molecule has 0 saturated heterocycles. The summed E-state index contributed by atoms with van der Waals surface area (Å²) in [4.78, 5) is 11.8. The summed E-state index contributed by atoms with van der Waals surface area (Å²) in [6.45, 7) is 8.88. The molecule has 102 valence electrons. The summed E-state index contributed by atoms with van der Waals surface area (Å²) in [6.07, 6.45) is 0. The van der Waals surface area contributed by atoms with Gasteiger partial charge in [-0.3, -0.25) is 0 Å². The Labute approximate surface area is 113 Å². The van der Waals surface area contributed by atoms with Gasteiger partial charge in [0.15, 0.2) is 9.84 Å². The summed E-state index contributed by atoms with van der Waals surface area (Å²) in [5.41, 5.74) is 2.10. The topological polar surface area (TPSA) is 60.4 Å². The highest BCUT2D eigenvalue weighted by Gasteiger charge is 2.47. The predicted molar refractivity (Wildman–Crippen MR) is 72.8 cm³/mol. The summed E-state index contributed by atoms with van der Waals surface area (Å²) >= 11 is 0. The fourth-order valence-corrected chi connectivity index (χ4v) is 3.97. The highest BCUT2D eigenvalue weighted by Crippen LogP contribution is 2.47. The second-order valence-electron chi connectivity index (χ2n) is 5.15. The third kappa shape index (κ3) is 1.64. The molecule has 1 aromatic carbocycles. The number of hydrogen-bond donors (Lipinski definition) is 0. The van der Waals surface area contributed by atoms with Crippen molar-refractivity contribution in [1.82, 2.24) is 0 Å². The van der Waals surface area contributed by atoms with Crippen LogP contribution >= 0.6 is 0 Å². The van der Waals surface area contributed by atoms with Crippen molar-refractivity contribution >= 4 is 21.4 Å². The quantitative estimate of drug-likeness (QED) is 0.741. The average molecular weight is 280 g/mol. The van der Waals surface area contributed by atoms with Gasteiger partial charge >= 0.3 is 5.97 Å². The number of carbonyl (C=O) groups excluding carboxylic acids is 1. The van der Waals surface area contributed by atoms with Crippen LogP contribution in [-0.4, -0.2) is 26.2 Å². The molecule has 0 bridgehead atoms. The smallest absolute Gasteiger partial charge is 0.338 e. The summed E-state index contributed by atoms with van der Waals surface area (Å²) in [5, 5.41) is 0. The molecule has 1 aliphatic rings. The van der Waals surface area contributed by atoms with Gasteiger partial charge in [-0.05, 0) is 49.6 Å². The van der Waals surface area contributed by atoms with Crippen LogP contribution in [0, 0.1) is 6.92 Å². The zero-order chi connectivity index (χ0) is 14.6. The Hall–Kier alpha value is -1.62. The monoisotopic (exact) mass is 280 g/mol. The number of aryl methyl sites for hydroxylation is 1. The molecule has 4 nitrogen and oxygen atoms in total. The van der Waals surface area contributed by atoms with Crippen LogP contribution < -0.4 is 0 Å². The zero-order valence-electron chi connectivity index (χ0n) is 11.4.